The summed E-state index contributed by atoms with van der Waals surface area (Å²) < 4.78 is 11.2. The van der Waals surface area contributed by atoms with E-state index < -0.39 is 18.5 Å². The van der Waals surface area contributed by atoms with Gasteiger partial charge in [0.25, 0.3) is 0 Å². The smallest absolute Gasteiger partial charge is 0.344 e. The maximum Gasteiger partial charge on any atom is 0.344 e. The van der Waals surface area contributed by atoms with Crippen LogP contribution in [0.5, 0.6) is 0 Å². The number of hydrogen-bond donors (Lipinski definition) is 0. The summed E-state index contributed by atoms with van der Waals surface area (Å²) in [6.45, 7) is 6.36. The molecule has 4 nitrogen and oxygen atoms in total. The first-order valence-electron chi connectivity index (χ1n) is 6.48. The lowest BCUT2D eigenvalue weighted by Crippen LogP contribution is -2.17. The third-order valence-corrected chi connectivity index (χ3v) is 4.10. The van der Waals surface area contributed by atoms with Crippen LogP contribution in [0.15, 0.2) is 42.5 Å². The van der Waals surface area contributed by atoms with Crippen LogP contribution in [0.1, 0.15) is 24.8 Å². The highest BCUT2D eigenvalue weighted by atomic mass is 32.1. The summed E-state index contributed by atoms with van der Waals surface area (Å²) >= 11 is 1.58. The van der Waals surface area contributed by atoms with Gasteiger partial charge in [-0.3, -0.25) is 0 Å². The predicted octanol–water partition coefficient (Wildman–Crippen LogP) is 3.62. The van der Waals surface area contributed by atoms with Crippen molar-refractivity contribution in [3.63, 3.8) is 0 Å². The van der Waals surface area contributed by atoms with Crippen LogP contribution in [0, 0.1) is 0 Å². The molecule has 1 aromatic heterocycles. The first-order chi connectivity index (χ1) is 9.97. The normalized spacial score (nSPS) is 11.9. The third-order valence-electron chi connectivity index (χ3n) is 2.82. The quantitative estimate of drug-likeness (QED) is 0.625. The number of carbonyl (C=O) groups excluding carboxylic acids is 2. The average Bonchev–Trinajstić information content (AvgIpc) is 2.88. The van der Waals surface area contributed by atoms with Crippen molar-refractivity contribution in [1.29, 1.82) is 0 Å². The fourth-order valence-electron chi connectivity index (χ4n) is 1.74. The number of thiophene rings is 1. The molecule has 0 saturated heterocycles. The van der Waals surface area contributed by atoms with Gasteiger partial charge in [0.2, 0.25) is 0 Å². The molecular formula is C16H16O4S. The second-order valence-corrected chi connectivity index (χ2v) is 5.79. The summed E-state index contributed by atoms with van der Waals surface area (Å²) in [6, 6.07) is 9.96. The minimum atomic E-state index is -0.596. The Morgan fingerprint density at radius 3 is 2.71 bits per heavy atom. The van der Waals surface area contributed by atoms with Crippen molar-refractivity contribution in [2.45, 2.75) is 20.0 Å². The first-order valence-corrected chi connectivity index (χ1v) is 7.29. The van der Waals surface area contributed by atoms with Crippen LogP contribution in [-0.4, -0.2) is 18.5 Å². The molecule has 5 heteroatoms. The Labute approximate surface area is 127 Å². The van der Waals surface area contributed by atoms with E-state index in [4.69, 9.17) is 9.47 Å². The van der Waals surface area contributed by atoms with Gasteiger partial charge in [0, 0.05) is 15.2 Å². The van der Waals surface area contributed by atoms with Crippen LogP contribution in [0.25, 0.3) is 10.1 Å². The molecule has 1 aromatic carbocycles. The largest absolute Gasteiger partial charge is 0.454 e. The number of ether oxygens (including phenoxy) is 2. The lowest BCUT2D eigenvalue weighted by atomic mass is 10.2. The zero-order chi connectivity index (χ0) is 15.4. The number of hydrogen-bond acceptors (Lipinski definition) is 5. The van der Waals surface area contributed by atoms with Gasteiger partial charge in [-0.25, -0.2) is 9.59 Å². The Balaban J connectivity index is 1.94. The van der Waals surface area contributed by atoms with E-state index in [-0.39, 0.29) is 11.7 Å². The van der Waals surface area contributed by atoms with E-state index in [0.29, 0.717) is 0 Å². The van der Waals surface area contributed by atoms with Gasteiger partial charge >= 0.3 is 11.9 Å². The Morgan fingerprint density at radius 2 is 2.05 bits per heavy atom. The average molecular weight is 304 g/mol. The number of esters is 2. The summed E-state index contributed by atoms with van der Waals surface area (Å²) in [5.41, 5.74) is 0.250. The van der Waals surface area contributed by atoms with Gasteiger partial charge in [-0.2, -0.15) is 0 Å². The fraction of sp³-hybridized carbons (Fsp3) is 0.250. The van der Waals surface area contributed by atoms with Gasteiger partial charge in [-0.1, -0.05) is 24.8 Å². The minimum absolute atomic E-state index is 0.250. The van der Waals surface area contributed by atoms with E-state index in [9.17, 15) is 9.59 Å². The van der Waals surface area contributed by atoms with Crippen LogP contribution in [0.4, 0.5) is 0 Å². The molecule has 0 radical (unpaired) electrons. The van der Waals surface area contributed by atoms with E-state index in [1.165, 1.54) is 6.92 Å². The van der Waals surface area contributed by atoms with Crippen molar-refractivity contribution in [3.05, 3.63) is 47.4 Å². The van der Waals surface area contributed by atoms with Crippen LogP contribution in [0.2, 0.25) is 0 Å². The van der Waals surface area contributed by atoms with Crippen molar-refractivity contribution in [3.8, 4) is 0 Å². The molecule has 21 heavy (non-hydrogen) atoms. The molecule has 0 bridgehead atoms. The van der Waals surface area contributed by atoms with E-state index >= 15 is 0 Å². The molecular weight excluding hydrogens is 288 g/mol. The summed E-state index contributed by atoms with van der Waals surface area (Å²) in [7, 11) is 0. The molecule has 0 spiro atoms. The van der Waals surface area contributed by atoms with Gasteiger partial charge in [-0.05, 0) is 31.4 Å². The molecule has 0 saturated carbocycles. The first kappa shape index (κ1) is 15.3. The SMILES string of the molecule is C=C(C)C(=O)OCC(=O)OC(C)c1cc2ccccc2s1. The molecule has 0 amide bonds. The number of fused-ring (bicyclic) bond motifs is 1. The summed E-state index contributed by atoms with van der Waals surface area (Å²) in [4.78, 5) is 23.8. The summed E-state index contributed by atoms with van der Waals surface area (Å²) in [5, 5.41) is 1.12. The Hall–Kier alpha value is -2.14. The van der Waals surface area contributed by atoms with Crippen LogP contribution < -0.4 is 0 Å². The molecule has 0 aliphatic rings. The molecule has 0 aliphatic carbocycles. The standard InChI is InChI=1S/C16H16O4S/c1-10(2)16(18)19-9-15(17)20-11(3)14-8-12-6-4-5-7-13(12)21-14/h4-8,11H,1,9H2,2-3H3. The molecule has 2 rings (SSSR count). The third kappa shape index (κ3) is 3.92. The molecule has 0 N–H and O–H groups in total. The molecule has 0 fully saturated rings. The van der Waals surface area contributed by atoms with Gasteiger partial charge in [-0.15, -0.1) is 11.3 Å². The monoisotopic (exact) mass is 304 g/mol. The van der Waals surface area contributed by atoms with Crippen molar-refractivity contribution in [1.82, 2.24) is 0 Å². The maximum atomic E-state index is 11.6. The Morgan fingerprint density at radius 1 is 1.33 bits per heavy atom. The van der Waals surface area contributed by atoms with E-state index in [0.717, 1.165) is 15.0 Å². The maximum absolute atomic E-state index is 11.6. The van der Waals surface area contributed by atoms with Gasteiger partial charge in [0.05, 0.1) is 0 Å². The minimum Gasteiger partial charge on any atom is -0.454 e. The topological polar surface area (TPSA) is 52.6 Å². The van der Waals surface area contributed by atoms with Crippen LogP contribution >= 0.6 is 11.3 Å². The zero-order valence-corrected chi connectivity index (χ0v) is 12.7. The predicted molar refractivity (Wildman–Crippen MR) is 82.1 cm³/mol. The molecule has 1 heterocycles. The zero-order valence-electron chi connectivity index (χ0n) is 11.9. The van der Waals surface area contributed by atoms with Gasteiger partial charge in [0.15, 0.2) is 6.61 Å². The highest BCUT2D eigenvalue weighted by Gasteiger charge is 2.16. The van der Waals surface area contributed by atoms with E-state index in [2.05, 4.69) is 6.58 Å². The molecule has 1 atom stereocenters. The van der Waals surface area contributed by atoms with Crippen molar-refractivity contribution in [2.75, 3.05) is 6.61 Å². The molecule has 0 aliphatic heterocycles. The highest BCUT2D eigenvalue weighted by molar-refractivity contribution is 7.19. The molecule has 2 aromatic rings. The second kappa shape index (κ2) is 6.54. The van der Waals surface area contributed by atoms with Crippen molar-refractivity contribution < 1.29 is 19.1 Å². The summed E-state index contributed by atoms with van der Waals surface area (Å²) in [6.07, 6.45) is -0.376. The van der Waals surface area contributed by atoms with Crippen molar-refractivity contribution in [2.24, 2.45) is 0 Å². The number of rotatable bonds is 5. The number of carbonyl (C=O) groups is 2. The lowest BCUT2D eigenvalue weighted by molar-refractivity contribution is -0.160. The lowest BCUT2D eigenvalue weighted by Gasteiger charge is -2.11. The fourth-order valence-corrected chi connectivity index (χ4v) is 2.79. The van der Waals surface area contributed by atoms with Gasteiger partial charge in [0.1, 0.15) is 6.10 Å². The highest BCUT2D eigenvalue weighted by Crippen LogP contribution is 2.31. The Bertz CT molecular complexity index is 653. The van der Waals surface area contributed by atoms with Crippen LogP contribution in [0.3, 0.4) is 0 Å². The van der Waals surface area contributed by atoms with Crippen molar-refractivity contribution >= 4 is 33.4 Å². The van der Waals surface area contributed by atoms with E-state index in [1.807, 2.05) is 30.3 Å². The second-order valence-electron chi connectivity index (χ2n) is 4.68. The molecule has 110 valence electrons. The Kier molecular flexibility index (Phi) is 4.75. The summed E-state index contributed by atoms with van der Waals surface area (Å²) in [5.74, 6) is -1.17. The van der Waals surface area contributed by atoms with Crippen LogP contribution in [-0.2, 0) is 19.1 Å². The molecule has 1 unspecified atom stereocenters. The van der Waals surface area contributed by atoms with E-state index in [1.54, 1.807) is 18.3 Å². The van der Waals surface area contributed by atoms with Gasteiger partial charge < -0.3 is 9.47 Å². The number of benzene rings is 1.